The van der Waals surface area contributed by atoms with Crippen molar-refractivity contribution in [3.05, 3.63) is 29.6 Å². The Bertz CT molecular complexity index is 384. The summed E-state index contributed by atoms with van der Waals surface area (Å²) >= 11 is 0. The SMILES string of the molecule is Cc1ccc(F)c(OCC2CN(C)CCO2)c1. The average Bonchev–Trinajstić information content (AvgIpc) is 2.30. The lowest BCUT2D eigenvalue weighted by molar-refractivity contribution is -0.0408. The maximum absolute atomic E-state index is 13.4. The largest absolute Gasteiger partial charge is 0.488 e. The number of likely N-dealkylation sites (N-methyl/N-ethyl adjacent to an activating group) is 1. The van der Waals surface area contributed by atoms with Gasteiger partial charge in [0.2, 0.25) is 0 Å². The Morgan fingerprint density at radius 2 is 2.35 bits per heavy atom. The molecule has 4 heteroatoms. The van der Waals surface area contributed by atoms with Crippen molar-refractivity contribution < 1.29 is 13.9 Å². The lowest BCUT2D eigenvalue weighted by atomic mass is 10.2. The predicted molar refractivity (Wildman–Crippen MR) is 63.9 cm³/mol. The highest BCUT2D eigenvalue weighted by atomic mass is 19.1. The molecule has 3 nitrogen and oxygen atoms in total. The van der Waals surface area contributed by atoms with Crippen LogP contribution >= 0.6 is 0 Å². The molecule has 1 heterocycles. The highest BCUT2D eigenvalue weighted by molar-refractivity contribution is 5.29. The first-order valence-electron chi connectivity index (χ1n) is 5.84. The van der Waals surface area contributed by atoms with Crippen LogP contribution in [-0.4, -0.2) is 44.4 Å². The molecule has 0 amide bonds. The zero-order valence-electron chi connectivity index (χ0n) is 10.3. The van der Waals surface area contributed by atoms with Crippen LogP contribution in [-0.2, 0) is 4.74 Å². The molecule has 2 rings (SSSR count). The predicted octanol–water partition coefficient (Wildman–Crippen LogP) is 1.84. The minimum absolute atomic E-state index is 0.0219. The van der Waals surface area contributed by atoms with E-state index in [1.807, 2.05) is 14.0 Å². The highest BCUT2D eigenvalue weighted by Gasteiger charge is 2.18. The fourth-order valence-electron chi connectivity index (χ4n) is 1.87. The van der Waals surface area contributed by atoms with E-state index in [9.17, 15) is 4.39 Å². The lowest BCUT2D eigenvalue weighted by Crippen LogP contribution is -2.42. The fraction of sp³-hybridized carbons (Fsp3) is 0.538. The molecule has 17 heavy (non-hydrogen) atoms. The Labute approximate surface area is 101 Å². The van der Waals surface area contributed by atoms with Gasteiger partial charge in [-0.3, -0.25) is 0 Å². The van der Waals surface area contributed by atoms with E-state index < -0.39 is 0 Å². The van der Waals surface area contributed by atoms with Gasteiger partial charge in [0, 0.05) is 13.1 Å². The van der Waals surface area contributed by atoms with E-state index in [4.69, 9.17) is 9.47 Å². The van der Waals surface area contributed by atoms with E-state index in [0.29, 0.717) is 19.0 Å². The number of halogens is 1. The smallest absolute Gasteiger partial charge is 0.165 e. The average molecular weight is 239 g/mol. The Morgan fingerprint density at radius 1 is 1.53 bits per heavy atom. The second-order valence-corrected chi connectivity index (χ2v) is 4.50. The third kappa shape index (κ3) is 3.41. The minimum atomic E-state index is -0.320. The van der Waals surface area contributed by atoms with Crippen LogP contribution in [0.5, 0.6) is 5.75 Å². The summed E-state index contributed by atoms with van der Waals surface area (Å²) in [6.45, 7) is 4.78. The molecule has 0 N–H and O–H groups in total. The minimum Gasteiger partial charge on any atom is -0.488 e. The summed E-state index contributed by atoms with van der Waals surface area (Å²) in [6.07, 6.45) is 0.0219. The number of nitrogens with zero attached hydrogens (tertiary/aromatic N) is 1. The zero-order valence-corrected chi connectivity index (χ0v) is 10.3. The van der Waals surface area contributed by atoms with Gasteiger partial charge in [0.15, 0.2) is 11.6 Å². The Morgan fingerprint density at radius 3 is 3.12 bits per heavy atom. The number of ether oxygens (including phenoxy) is 2. The van der Waals surface area contributed by atoms with Crippen LogP contribution in [0.25, 0.3) is 0 Å². The number of benzene rings is 1. The van der Waals surface area contributed by atoms with E-state index in [1.54, 1.807) is 12.1 Å². The molecule has 1 atom stereocenters. The second kappa shape index (κ2) is 5.47. The summed E-state index contributed by atoms with van der Waals surface area (Å²) in [5.41, 5.74) is 0.989. The molecule has 1 aromatic rings. The maximum atomic E-state index is 13.4. The molecule has 0 saturated carbocycles. The van der Waals surface area contributed by atoms with Gasteiger partial charge in [0.1, 0.15) is 12.7 Å². The van der Waals surface area contributed by atoms with Gasteiger partial charge in [0.25, 0.3) is 0 Å². The molecule has 1 aliphatic rings. The summed E-state index contributed by atoms with van der Waals surface area (Å²) in [7, 11) is 2.04. The van der Waals surface area contributed by atoms with Crippen molar-refractivity contribution in [2.45, 2.75) is 13.0 Å². The summed E-state index contributed by atoms with van der Waals surface area (Å²) in [4.78, 5) is 2.18. The summed E-state index contributed by atoms with van der Waals surface area (Å²) in [5.74, 6) is -0.0124. The van der Waals surface area contributed by atoms with Gasteiger partial charge < -0.3 is 14.4 Å². The molecule has 1 fully saturated rings. The zero-order chi connectivity index (χ0) is 12.3. The number of aryl methyl sites for hydroxylation is 1. The first kappa shape index (κ1) is 12.3. The molecule has 1 saturated heterocycles. The van der Waals surface area contributed by atoms with Crippen LogP contribution in [0.4, 0.5) is 4.39 Å². The monoisotopic (exact) mass is 239 g/mol. The van der Waals surface area contributed by atoms with Crippen molar-refractivity contribution in [1.29, 1.82) is 0 Å². The van der Waals surface area contributed by atoms with Crippen LogP contribution in [0.15, 0.2) is 18.2 Å². The molecule has 0 radical (unpaired) electrons. The van der Waals surface area contributed by atoms with Gasteiger partial charge in [0.05, 0.1) is 6.61 Å². The van der Waals surface area contributed by atoms with Crippen molar-refractivity contribution in [3.8, 4) is 5.75 Å². The van der Waals surface area contributed by atoms with Crippen molar-refractivity contribution in [1.82, 2.24) is 4.90 Å². The maximum Gasteiger partial charge on any atom is 0.165 e. The fourth-order valence-corrected chi connectivity index (χ4v) is 1.87. The Balaban J connectivity index is 1.90. The van der Waals surface area contributed by atoms with Crippen LogP contribution in [0.3, 0.4) is 0 Å². The molecule has 1 unspecified atom stereocenters. The van der Waals surface area contributed by atoms with Gasteiger partial charge in [-0.05, 0) is 31.7 Å². The normalized spacial score (nSPS) is 21.5. The van der Waals surface area contributed by atoms with Gasteiger partial charge in [-0.25, -0.2) is 4.39 Å². The van der Waals surface area contributed by atoms with Crippen LogP contribution in [0.1, 0.15) is 5.56 Å². The summed E-state index contributed by atoms with van der Waals surface area (Å²) < 4.78 is 24.5. The van der Waals surface area contributed by atoms with Crippen molar-refractivity contribution in [3.63, 3.8) is 0 Å². The molecule has 0 spiro atoms. The summed E-state index contributed by atoms with van der Waals surface area (Å²) in [6, 6.07) is 4.87. The first-order valence-corrected chi connectivity index (χ1v) is 5.84. The van der Waals surface area contributed by atoms with Crippen LogP contribution < -0.4 is 4.74 Å². The Kier molecular flexibility index (Phi) is 3.97. The van der Waals surface area contributed by atoms with Crippen molar-refractivity contribution in [2.75, 3.05) is 33.4 Å². The molecule has 1 aliphatic heterocycles. The number of morpholine rings is 1. The lowest BCUT2D eigenvalue weighted by Gasteiger charge is -2.29. The topological polar surface area (TPSA) is 21.7 Å². The molecule has 0 aromatic heterocycles. The molecule has 0 bridgehead atoms. The van der Waals surface area contributed by atoms with E-state index in [0.717, 1.165) is 18.7 Å². The Hall–Kier alpha value is -1.13. The standard InChI is InChI=1S/C13H18FNO2/c1-10-3-4-12(14)13(7-10)17-9-11-8-15(2)5-6-16-11/h3-4,7,11H,5-6,8-9H2,1-2H3. The second-order valence-electron chi connectivity index (χ2n) is 4.50. The third-order valence-electron chi connectivity index (χ3n) is 2.85. The highest BCUT2D eigenvalue weighted by Crippen LogP contribution is 2.19. The molecular formula is C13H18FNO2. The van der Waals surface area contributed by atoms with E-state index in [2.05, 4.69) is 4.90 Å². The summed E-state index contributed by atoms with van der Waals surface area (Å²) in [5, 5.41) is 0. The molecule has 94 valence electrons. The van der Waals surface area contributed by atoms with E-state index in [1.165, 1.54) is 6.07 Å². The van der Waals surface area contributed by atoms with Crippen LogP contribution in [0.2, 0.25) is 0 Å². The number of hydrogen-bond acceptors (Lipinski definition) is 3. The third-order valence-corrected chi connectivity index (χ3v) is 2.85. The van der Waals surface area contributed by atoms with Crippen molar-refractivity contribution >= 4 is 0 Å². The van der Waals surface area contributed by atoms with Gasteiger partial charge >= 0.3 is 0 Å². The van der Waals surface area contributed by atoms with Gasteiger partial charge in [-0.2, -0.15) is 0 Å². The van der Waals surface area contributed by atoms with Crippen LogP contribution in [0, 0.1) is 12.7 Å². The number of rotatable bonds is 3. The van der Waals surface area contributed by atoms with E-state index in [-0.39, 0.29) is 11.9 Å². The molecular weight excluding hydrogens is 221 g/mol. The number of hydrogen-bond donors (Lipinski definition) is 0. The van der Waals surface area contributed by atoms with Gasteiger partial charge in [-0.15, -0.1) is 0 Å². The first-order chi connectivity index (χ1) is 8.15. The quantitative estimate of drug-likeness (QED) is 0.803. The molecule has 0 aliphatic carbocycles. The van der Waals surface area contributed by atoms with Gasteiger partial charge in [-0.1, -0.05) is 6.07 Å². The van der Waals surface area contributed by atoms with E-state index >= 15 is 0 Å². The molecule has 1 aromatic carbocycles. The van der Waals surface area contributed by atoms with Crippen molar-refractivity contribution in [2.24, 2.45) is 0 Å².